The molecular formula is C18H14N4O3S. The molecule has 1 N–H and O–H groups in total. The summed E-state index contributed by atoms with van der Waals surface area (Å²) < 4.78 is 7.04. The Hall–Kier alpha value is -3.26. The molecule has 4 rings (SSSR count). The number of hydrogen-bond donors (Lipinski definition) is 1. The van der Waals surface area contributed by atoms with E-state index in [9.17, 15) is 9.59 Å². The Morgan fingerprint density at radius 2 is 2.19 bits per heavy atom. The lowest BCUT2D eigenvalue weighted by Crippen LogP contribution is -2.31. The summed E-state index contributed by atoms with van der Waals surface area (Å²) in [6.07, 6.45) is 2.87. The Morgan fingerprint density at radius 1 is 1.31 bits per heavy atom. The number of rotatable bonds is 4. The molecule has 26 heavy (non-hydrogen) atoms. The summed E-state index contributed by atoms with van der Waals surface area (Å²) in [6, 6.07) is 8.77. The quantitative estimate of drug-likeness (QED) is 0.600. The average Bonchev–Trinajstić information content (AvgIpc) is 3.29. The first kappa shape index (κ1) is 16.2. The zero-order chi connectivity index (χ0) is 18.1. The van der Waals surface area contributed by atoms with Crippen LogP contribution in [0, 0.1) is 6.92 Å². The van der Waals surface area contributed by atoms with Crippen molar-refractivity contribution in [3.63, 3.8) is 0 Å². The highest BCUT2D eigenvalue weighted by molar-refractivity contribution is 7.09. The topological polar surface area (TPSA) is 89.5 Å². The molecule has 8 heteroatoms. The largest absolute Gasteiger partial charge is 0.458 e. The summed E-state index contributed by atoms with van der Waals surface area (Å²) in [6.45, 7) is 2.09. The fourth-order valence-corrected chi connectivity index (χ4v) is 3.13. The molecule has 0 spiro atoms. The molecule has 0 aliphatic carbocycles. The van der Waals surface area contributed by atoms with E-state index in [-0.39, 0.29) is 12.1 Å². The summed E-state index contributed by atoms with van der Waals surface area (Å²) in [4.78, 5) is 33.2. The van der Waals surface area contributed by atoms with E-state index >= 15 is 0 Å². The average molecular weight is 366 g/mol. The molecule has 0 aliphatic heterocycles. The van der Waals surface area contributed by atoms with Crippen LogP contribution in [0.3, 0.4) is 0 Å². The van der Waals surface area contributed by atoms with Gasteiger partial charge in [0.2, 0.25) is 0 Å². The molecule has 0 aliphatic rings. The fraction of sp³-hybridized carbons (Fsp3) is 0.111. The van der Waals surface area contributed by atoms with Crippen molar-refractivity contribution in [2.45, 2.75) is 13.5 Å². The number of aromatic nitrogens is 3. The number of nitrogens with one attached hydrogen (secondary N) is 1. The minimum Gasteiger partial charge on any atom is -0.458 e. The lowest BCUT2D eigenvalue weighted by Gasteiger charge is -2.04. The Kier molecular flexibility index (Phi) is 4.10. The van der Waals surface area contributed by atoms with Crippen molar-refractivity contribution in [2.75, 3.05) is 0 Å². The second-order valence-corrected chi connectivity index (χ2v) is 6.67. The van der Waals surface area contributed by atoms with E-state index in [1.807, 2.05) is 18.4 Å². The summed E-state index contributed by atoms with van der Waals surface area (Å²) in [5, 5.41) is 5.56. The van der Waals surface area contributed by atoms with E-state index in [2.05, 4.69) is 15.3 Å². The maximum Gasteiger partial charge on any atom is 0.270 e. The van der Waals surface area contributed by atoms with Crippen LogP contribution in [0.4, 0.5) is 0 Å². The molecule has 130 valence electrons. The van der Waals surface area contributed by atoms with Gasteiger partial charge in [-0.2, -0.15) is 0 Å². The highest BCUT2D eigenvalue weighted by Gasteiger charge is 2.14. The van der Waals surface area contributed by atoms with Gasteiger partial charge in [-0.15, -0.1) is 11.3 Å². The number of amides is 1. The SMILES string of the molecule is Cc1nc(-c2ccc(CNC(=O)c3cnc4ccccn4c3=O)o2)cs1. The van der Waals surface area contributed by atoms with Gasteiger partial charge in [0.25, 0.3) is 11.5 Å². The highest BCUT2D eigenvalue weighted by atomic mass is 32.1. The molecular weight excluding hydrogens is 352 g/mol. The van der Waals surface area contributed by atoms with Crippen LogP contribution in [-0.4, -0.2) is 20.3 Å². The summed E-state index contributed by atoms with van der Waals surface area (Å²) in [7, 11) is 0. The van der Waals surface area contributed by atoms with Crippen molar-refractivity contribution in [2.24, 2.45) is 0 Å². The number of nitrogens with zero attached hydrogens (tertiary/aromatic N) is 3. The van der Waals surface area contributed by atoms with Crippen LogP contribution < -0.4 is 10.9 Å². The fourth-order valence-electron chi connectivity index (χ4n) is 2.53. The van der Waals surface area contributed by atoms with Gasteiger partial charge >= 0.3 is 0 Å². The number of pyridine rings is 1. The summed E-state index contributed by atoms with van der Waals surface area (Å²) in [5.41, 5.74) is 0.826. The summed E-state index contributed by atoms with van der Waals surface area (Å²) in [5.74, 6) is 0.724. The van der Waals surface area contributed by atoms with Crippen LogP contribution >= 0.6 is 11.3 Å². The van der Waals surface area contributed by atoms with Crippen LogP contribution in [0.15, 0.2) is 57.3 Å². The van der Waals surface area contributed by atoms with E-state index in [1.165, 1.54) is 10.6 Å². The first-order valence-corrected chi connectivity index (χ1v) is 8.75. The predicted molar refractivity (Wildman–Crippen MR) is 97.2 cm³/mol. The molecule has 0 fully saturated rings. The Labute approximate surface area is 152 Å². The number of hydrogen-bond acceptors (Lipinski definition) is 6. The Balaban J connectivity index is 1.50. The van der Waals surface area contributed by atoms with Crippen LogP contribution in [0.5, 0.6) is 0 Å². The molecule has 4 aromatic rings. The molecule has 0 bridgehead atoms. The number of furan rings is 1. The highest BCUT2D eigenvalue weighted by Crippen LogP contribution is 2.23. The van der Waals surface area contributed by atoms with Gasteiger partial charge in [0.05, 0.1) is 11.6 Å². The Morgan fingerprint density at radius 3 is 3.00 bits per heavy atom. The summed E-state index contributed by atoms with van der Waals surface area (Å²) >= 11 is 1.54. The van der Waals surface area contributed by atoms with E-state index in [0.717, 1.165) is 10.7 Å². The van der Waals surface area contributed by atoms with Crippen LogP contribution in [0.2, 0.25) is 0 Å². The standard InChI is InChI=1S/C18H14N4O3S/c1-11-21-14(10-26-11)15-6-5-12(25-15)8-20-17(23)13-9-19-16-4-2-3-7-22(16)18(13)24/h2-7,9-10H,8H2,1H3,(H,20,23). The second-order valence-electron chi connectivity index (χ2n) is 5.61. The zero-order valence-corrected chi connectivity index (χ0v) is 14.6. The van der Waals surface area contributed by atoms with Crippen molar-refractivity contribution in [1.29, 1.82) is 0 Å². The first-order chi connectivity index (χ1) is 12.6. The molecule has 7 nitrogen and oxygen atoms in total. The van der Waals surface area contributed by atoms with Gasteiger partial charge in [0.15, 0.2) is 5.76 Å². The zero-order valence-electron chi connectivity index (χ0n) is 13.8. The minimum atomic E-state index is -0.497. The lowest BCUT2D eigenvalue weighted by atomic mass is 10.3. The minimum absolute atomic E-state index is 0.0180. The van der Waals surface area contributed by atoms with Gasteiger partial charge in [-0.3, -0.25) is 14.0 Å². The van der Waals surface area contributed by atoms with Gasteiger partial charge < -0.3 is 9.73 Å². The third-order valence-electron chi connectivity index (χ3n) is 3.81. The normalized spacial score (nSPS) is 11.0. The molecule has 1 amide bonds. The van der Waals surface area contributed by atoms with Gasteiger partial charge in [0.1, 0.15) is 22.7 Å². The monoisotopic (exact) mass is 366 g/mol. The third kappa shape index (κ3) is 3.02. The number of carbonyl (C=O) groups is 1. The number of thiazole rings is 1. The van der Waals surface area contributed by atoms with Crippen LogP contribution in [-0.2, 0) is 6.54 Å². The number of aryl methyl sites for hydroxylation is 1. The van der Waals surface area contributed by atoms with Crippen molar-refractivity contribution >= 4 is 22.9 Å². The molecule has 4 heterocycles. The maximum absolute atomic E-state index is 12.4. The molecule has 4 aromatic heterocycles. The first-order valence-electron chi connectivity index (χ1n) is 7.87. The second kappa shape index (κ2) is 6.57. The van der Waals surface area contributed by atoms with E-state index in [1.54, 1.807) is 41.8 Å². The predicted octanol–water partition coefficient (Wildman–Crippen LogP) is 2.65. The maximum atomic E-state index is 12.4. The van der Waals surface area contributed by atoms with Crippen LogP contribution in [0.25, 0.3) is 17.1 Å². The van der Waals surface area contributed by atoms with Crippen molar-refractivity contribution in [1.82, 2.24) is 19.7 Å². The molecule has 0 atom stereocenters. The van der Waals surface area contributed by atoms with Gasteiger partial charge in [0, 0.05) is 17.8 Å². The van der Waals surface area contributed by atoms with Gasteiger partial charge in [-0.05, 0) is 31.2 Å². The van der Waals surface area contributed by atoms with Gasteiger partial charge in [-0.1, -0.05) is 6.07 Å². The third-order valence-corrected chi connectivity index (χ3v) is 4.59. The van der Waals surface area contributed by atoms with E-state index < -0.39 is 11.5 Å². The lowest BCUT2D eigenvalue weighted by molar-refractivity contribution is 0.0946. The molecule has 0 radical (unpaired) electrons. The van der Waals surface area contributed by atoms with E-state index in [4.69, 9.17) is 4.42 Å². The van der Waals surface area contributed by atoms with Crippen molar-refractivity contribution in [3.8, 4) is 11.5 Å². The van der Waals surface area contributed by atoms with Gasteiger partial charge in [-0.25, -0.2) is 9.97 Å². The Bertz CT molecular complexity index is 1160. The molecule has 0 saturated heterocycles. The molecule has 0 aromatic carbocycles. The molecule has 0 unspecified atom stereocenters. The van der Waals surface area contributed by atoms with Crippen LogP contribution in [0.1, 0.15) is 21.1 Å². The number of fused-ring (bicyclic) bond motifs is 1. The van der Waals surface area contributed by atoms with Crippen molar-refractivity contribution < 1.29 is 9.21 Å². The van der Waals surface area contributed by atoms with Crippen molar-refractivity contribution in [3.05, 3.63) is 74.8 Å². The smallest absolute Gasteiger partial charge is 0.270 e. The van der Waals surface area contributed by atoms with E-state index in [0.29, 0.717) is 17.2 Å². The molecule has 0 saturated carbocycles. The number of carbonyl (C=O) groups excluding carboxylic acids is 1.